The molecule has 100 valence electrons. The number of pyridine rings is 1. The van der Waals surface area contributed by atoms with E-state index in [1.807, 2.05) is 25.1 Å². The summed E-state index contributed by atoms with van der Waals surface area (Å²) < 4.78 is 0. The molecule has 0 aliphatic rings. The van der Waals surface area contributed by atoms with E-state index in [4.69, 9.17) is 29.0 Å². The maximum absolute atomic E-state index is 6.12. The van der Waals surface area contributed by atoms with E-state index in [1.54, 1.807) is 12.4 Å². The molecule has 0 aliphatic carbocycles. The molecular formula is C14H15Cl2N3. The summed E-state index contributed by atoms with van der Waals surface area (Å²) in [7, 11) is 0. The molecule has 1 atom stereocenters. The molecule has 0 amide bonds. The summed E-state index contributed by atoms with van der Waals surface area (Å²) in [6.45, 7) is 2.00. The topological polar surface area (TPSA) is 50.9 Å². The first kappa shape index (κ1) is 14.3. The molecular weight excluding hydrogens is 281 g/mol. The molecule has 19 heavy (non-hydrogen) atoms. The zero-order chi connectivity index (χ0) is 13.8. The van der Waals surface area contributed by atoms with Gasteiger partial charge in [0, 0.05) is 17.4 Å². The van der Waals surface area contributed by atoms with Gasteiger partial charge < -0.3 is 0 Å². The molecule has 0 radical (unpaired) electrons. The monoisotopic (exact) mass is 295 g/mol. The normalized spacial score (nSPS) is 12.4. The van der Waals surface area contributed by atoms with Crippen LogP contribution in [0.25, 0.3) is 0 Å². The fraction of sp³-hybridized carbons (Fsp3) is 0.214. The molecule has 3 nitrogen and oxygen atoms in total. The summed E-state index contributed by atoms with van der Waals surface area (Å²) in [6, 6.07) is 7.74. The van der Waals surface area contributed by atoms with Crippen LogP contribution in [0, 0.1) is 6.92 Å². The summed E-state index contributed by atoms with van der Waals surface area (Å²) in [4.78, 5) is 3.97. The van der Waals surface area contributed by atoms with Crippen molar-refractivity contribution in [3.05, 3.63) is 63.4 Å². The van der Waals surface area contributed by atoms with Gasteiger partial charge in [-0.25, -0.2) is 0 Å². The highest BCUT2D eigenvalue weighted by molar-refractivity contribution is 6.31. The van der Waals surface area contributed by atoms with Crippen LogP contribution in [0.5, 0.6) is 0 Å². The van der Waals surface area contributed by atoms with Crippen LogP contribution in [-0.2, 0) is 6.42 Å². The lowest BCUT2D eigenvalue weighted by atomic mass is 9.98. The van der Waals surface area contributed by atoms with Crippen molar-refractivity contribution >= 4 is 23.2 Å². The van der Waals surface area contributed by atoms with Crippen LogP contribution in [0.2, 0.25) is 10.0 Å². The minimum Gasteiger partial charge on any atom is -0.271 e. The molecule has 1 aromatic heterocycles. The second-order valence-electron chi connectivity index (χ2n) is 4.45. The van der Waals surface area contributed by atoms with Crippen molar-refractivity contribution in [1.82, 2.24) is 10.4 Å². The van der Waals surface area contributed by atoms with Gasteiger partial charge >= 0.3 is 0 Å². The van der Waals surface area contributed by atoms with E-state index in [2.05, 4.69) is 16.5 Å². The van der Waals surface area contributed by atoms with Crippen molar-refractivity contribution in [3.8, 4) is 0 Å². The number of nitrogens with one attached hydrogen (secondary N) is 1. The number of hydrazine groups is 1. The summed E-state index contributed by atoms with van der Waals surface area (Å²) in [5.74, 6) is 5.65. The standard InChI is InChI=1S/C14H15Cl2N3/c1-9-4-11(6-12(15)5-9)14(19-17)7-10-2-3-18-8-13(10)16/h2-6,8,14,19H,7,17H2,1H3. The fourth-order valence-electron chi connectivity index (χ4n) is 2.03. The van der Waals surface area contributed by atoms with E-state index in [1.165, 1.54) is 0 Å². The minimum atomic E-state index is -0.0442. The molecule has 2 aromatic rings. The van der Waals surface area contributed by atoms with E-state index in [0.29, 0.717) is 16.5 Å². The summed E-state index contributed by atoms with van der Waals surface area (Å²) >= 11 is 12.2. The lowest BCUT2D eigenvalue weighted by Gasteiger charge is -2.18. The summed E-state index contributed by atoms with van der Waals surface area (Å²) in [6.07, 6.45) is 4.03. The Balaban J connectivity index is 2.28. The van der Waals surface area contributed by atoms with E-state index in [9.17, 15) is 0 Å². The second-order valence-corrected chi connectivity index (χ2v) is 5.30. The average Bonchev–Trinajstić information content (AvgIpc) is 2.36. The van der Waals surface area contributed by atoms with Gasteiger partial charge in [-0.1, -0.05) is 29.3 Å². The number of nitrogens with two attached hydrogens (primary N) is 1. The van der Waals surface area contributed by atoms with Gasteiger partial charge in [-0.05, 0) is 48.2 Å². The third-order valence-electron chi connectivity index (χ3n) is 2.95. The first-order valence-corrected chi connectivity index (χ1v) is 6.67. The zero-order valence-corrected chi connectivity index (χ0v) is 12.0. The number of aryl methyl sites for hydroxylation is 1. The SMILES string of the molecule is Cc1cc(Cl)cc(C(Cc2ccncc2Cl)NN)c1. The molecule has 3 N–H and O–H groups in total. The molecule has 0 fully saturated rings. The fourth-order valence-corrected chi connectivity index (χ4v) is 2.52. The van der Waals surface area contributed by atoms with Gasteiger partial charge in [-0.2, -0.15) is 0 Å². The van der Waals surface area contributed by atoms with E-state index < -0.39 is 0 Å². The molecule has 5 heteroatoms. The highest BCUT2D eigenvalue weighted by atomic mass is 35.5. The number of hydrogen-bond acceptors (Lipinski definition) is 3. The Bertz CT molecular complexity index is 552. The third-order valence-corrected chi connectivity index (χ3v) is 3.51. The smallest absolute Gasteiger partial charge is 0.0622 e. The van der Waals surface area contributed by atoms with Crippen molar-refractivity contribution in [1.29, 1.82) is 0 Å². The Morgan fingerprint density at radius 1 is 1.32 bits per heavy atom. The largest absolute Gasteiger partial charge is 0.271 e. The number of rotatable bonds is 4. The number of hydrogen-bond donors (Lipinski definition) is 2. The van der Waals surface area contributed by atoms with Crippen LogP contribution in [0.4, 0.5) is 0 Å². The third kappa shape index (κ3) is 3.67. The molecule has 0 aliphatic heterocycles. The molecule has 0 spiro atoms. The van der Waals surface area contributed by atoms with Crippen LogP contribution in [0.15, 0.2) is 36.7 Å². The van der Waals surface area contributed by atoms with E-state index in [-0.39, 0.29) is 6.04 Å². The molecule has 0 saturated heterocycles. The lowest BCUT2D eigenvalue weighted by molar-refractivity contribution is 0.551. The molecule has 1 aromatic carbocycles. The number of nitrogens with zero attached hydrogens (tertiary/aromatic N) is 1. The van der Waals surface area contributed by atoms with Gasteiger partial charge in [0.1, 0.15) is 0 Å². The van der Waals surface area contributed by atoms with E-state index >= 15 is 0 Å². The molecule has 2 rings (SSSR count). The minimum absolute atomic E-state index is 0.0442. The Morgan fingerprint density at radius 2 is 2.11 bits per heavy atom. The van der Waals surface area contributed by atoms with Gasteiger partial charge in [0.05, 0.1) is 11.1 Å². The van der Waals surface area contributed by atoms with Crippen LogP contribution in [0.1, 0.15) is 22.7 Å². The van der Waals surface area contributed by atoms with Crippen molar-refractivity contribution < 1.29 is 0 Å². The van der Waals surface area contributed by atoms with Crippen molar-refractivity contribution in [2.75, 3.05) is 0 Å². The van der Waals surface area contributed by atoms with Crippen LogP contribution < -0.4 is 11.3 Å². The predicted molar refractivity (Wildman–Crippen MR) is 79.2 cm³/mol. The first-order chi connectivity index (χ1) is 9.10. The highest BCUT2D eigenvalue weighted by Gasteiger charge is 2.13. The molecule has 0 saturated carbocycles. The van der Waals surface area contributed by atoms with Crippen LogP contribution in [0.3, 0.4) is 0 Å². The van der Waals surface area contributed by atoms with Crippen LogP contribution >= 0.6 is 23.2 Å². The Kier molecular flexibility index (Phi) is 4.77. The zero-order valence-electron chi connectivity index (χ0n) is 10.5. The Hall–Kier alpha value is -1.13. The summed E-state index contributed by atoms with van der Waals surface area (Å²) in [5.41, 5.74) is 5.95. The lowest BCUT2D eigenvalue weighted by Crippen LogP contribution is -2.29. The van der Waals surface area contributed by atoms with Gasteiger partial charge in [0.25, 0.3) is 0 Å². The number of aromatic nitrogens is 1. The predicted octanol–water partition coefficient (Wildman–Crippen LogP) is 3.44. The number of benzene rings is 1. The Morgan fingerprint density at radius 3 is 2.74 bits per heavy atom. The second kappa shape index (κ2) is 6.35. The van der Waals surface area contributed by atoms with Gasteiger partial charge in [-0.3, -0.25) is 16.3 Å². The average molecular weight is 296 g/mol. The molecule has 0 bridgehead atoms. The molecule has 1 heterocycles. The van der Waals surface area contributed by atoms with Crippen molar-refractivity contribution in [3.63, 3.8) is 0 Å². The number of halogens is 2. The summed E-state index contributed by atoms with van der Waals surface area (Å²) in [5, 5.41) is 1.34. The van der Waals surface area contributed by atoms with Crippen LogP contribution in [-0.4, -0.2) is 4.98 Å². The van der Waals surface area contributed by atoms with Gasteiger partial charge in [0.15, 0.2) is 0 Å². The quantitative estimate of drug-likeness (QED) is 0.671. The maximum Gasteiger partial charge on any atom is 0.0622 e. The maximum atomic E-state index is 6.12. The Labute approximate surface area is 122 Å². The highest BCUT2D eigenvalue weighted by Crippen LogP contribution is 2.25. The molecule has 1 unspecified atom stereocenters. The van der Waals surface area contributed by atoms with Crippen molar-refractivity contribution in [2.24, 2.45) is 5.84 Å². The van der Waals surface area contributed by atoms with E-state index in [0.717, 1.165) is 16.7 Å². The van der Waals surface area contributed by atoms with Gasteiger partial charge in [0.2, 0.25) is 0 Å². The van der Waals surface area contributed by atoms with Gasteiger partial charge in [-0.15, -0.1) is 0 Å². The first-order valence-electron chi connectivity index (χ1n) is 5.91. The van der Waals surface area contributed by atoms with Crippen molar-refractivity contribution in [2.45, 2.75) is 19.4 Å².